The van der Waals surface area contributed by atoms with Gasteiger partial charge in [-0.25, -0.2) is 0 Å². The van der Waals surface area contributed by atoms with E-state index in [-0.39, 0.29) is 17.9 Å². The monoisotopic (exact) mass is 318 g/mol. The van der Waals surface area contributed by atoms with Gasteiger partial charge in [-0.05, 0) is 17.9 Å². The summed E-state index contributed by atoms with van der Waals surface area (Å²) in [6.45, 7) is 10.2. The third-order valence-corrected chi connectivity index (χ3v) is 3.56. The van der Waals surface area contributed by atoms with Crippen molar-refractivity contribution >= 4 is 11.8 Å². The molecule has 0 saturated carbocycles. The maximum Gasteiger partial charge on any atom is 0.225 e. The zero-order chi connectivity index (χ0) is 17.5. The Balaban J connectivity index is 2.53. The Morgan fingerprint density at radius 3 is 2.22 bits per heavy atom. The first-order chi connectivity index (χ1) is 10.7. The largest absolute Gasteiger partial charge is 0.355 e. The molecule has 0 bridgehead atoms. The number of amides is 2. The van der Waals surface area contributed by atoms with E-state index in [1.54, 1.807) is 0 Å². The van der Waals surface area contributed by atoms with Gasteiger partial charge in [0.05, 0.1) is 6.04 Å². The molecule has 2 amide bonds. The summed E-state index contributed by atoms with van der Waals surface area (Å²) >= 11 is 0. The molecular formula is C19H30N2O2. The van der Waals surface area contributed by atoms with E-state index in [9.17, 15) is 9.59 Å². The first-order valence-electron chi connectivity index (χ1n) is 8.32. The molecule has 4 heteroatoms. The molecule has 1 aromatic carbocycles. The van der Waals surface area contributed by atoms with Gasteiger partial charge in [0.25, 0.3) is 0 Å². The number of hydrogen-bond donors (Lipinski definition) is 2. The maximum atomic E-state index is 12.2. The number of carbonyl (C=O) groups is 2. The van der Waals surface area contributed by atoms with Crippen LogP contribution in [0.25, 0.3) is 0 Å². The molecule has 0 aromatic heterocycles. The van der Waals surface area contributed by atoms with Crippen LogP contribution in [-0.2, 0) is 9.59 Å². The van der Waals surface area contributed by atoms with Crippen LogP contribution < -0.4 is 10.6 Å². The molecule has 0 saturated heterocycles. The summed E-state index contributed by atoms with van der Waals surface area (Å²) in [7, 11) is 0. The van der Waals surface area contributed by atoms with Crippen molar-refractivity contribution in [1.82, 2.24) is 10.6 Å². The topological polar surface area (TPSA) is 58.2 Å². The first kappa shape index (κ1) is 19.2. The quantitative estimate of drug-likeness (QED) is 0.809. The first-order valence-corrected chi connectivity index (χ1v) is 8.32. The number of hydrogen-bond acceptors (Lipinski definition) is 2. The van der Waals surface area contributed by atoms with Gasteiger partial charge in [0.15, 0.2) is 0 Å². The number of carbonyl (C=O) groups excluding carboxylic acids is 2. The summed E-state index contributed by atoms with van der Waals surface area (Å²) in [4.78, 5) is 24.0. The predicted octanol–water partition coefficient (Wildman–Crippen LogP) is 3.44. The van der Waals surface area contributed by atoms with E-state index in [2.05, 4.69) is 24.5 Å². The second kappa shape index (κ2) is 8.70. The van der Waals surface area contributed by atoms with Gasteiger partial charge in [-0.3, -0.25) is 9.59 Å². The normalized spacial score (nSPS) is 12.8. The Morgan fingerprint density at radius 2 is 1.70 bits per heavy atom. The molecule has 1 rings (SSSR count). The lowest BCUT2D eigenvalue weighted by atomic mass is 9.95. The van der Waals surface area contributed by atoms with Crippen molar-refractivity contribution in [3.63, 3.8) is 0 Å². The van der Waals surface area contributed by atoms with E-state index in [0.29, 0.717) is 18.9 Å². The Kier molecular flexibility index (Phi) is 7.27. The van der Waals surface area contributed by atoms with Gasteiger partial charge in [-0.1, -0.05) is 65.0 Å². The SMILES string of the molecule is CC(C)CC(NC(=O)CCNC(=O)C(C)(C)C)c1ccccc1. The van der Waals surface area contributed by atoms with Crippen LogP contribution in [0.1, 0.15) is 59.1 Å². The molecule has 0 fully saturated rings. The third-order valence-electron chi connectivity index (χ3n) is 3.56. The van der Waals surface area contributed by atoms with Gasteiger partial charge in [0.2, 0.25) is 11.8 Å². The minimum atomic E-state index is -0.430. The van der Waals surface area contributed by atoms with Crippen LogP contribution >= 0.6 is 0 Å². The summed E-state index contributed by atoms with van der Waals surface area (Å²) in [5.41, 5.74) is 0.689. The van der Waals surface area contributed by atoms with Crippen molar-refractivity contribution in [2.75, 3.05) is 6.54 Å². The van der Waals surface area contributed by atoms with E-state index in [4.69, 9.17) is 0 Å². The van der Waals surface area contributed by atoms with Gasteiger partial charge < -0.3 is 10.6 Å². The molecule has 0 radical (unpaired) electrons. The second-order valence-corrected chi connectivity index (χ2v) is 7.42. The highest BCUT2D eigenvalue weighted by molar-refractivity contribution is 5.82. The molecule has 1 aromatic rings. The lowest BCUT2D eigenvalue weighted by molar-refractivity contribution is -0.128. The average molecular weight is 318 g/mol. The number of nitrogens with one attached hydrogen (secondary N) is 2. The molecule has 2 N–H and O–H groups in total. The second-order valence-electron chi connectivity index (χ2n) is 7.42. The summed E-state index contributed by atoms with van der Waals surface area (Å²) < 4.78 is 0. The highest BCUT2D eigenvalue weighted by Crippen LogP contribution is 2.21. The summed E-state index contributed by atoms with van der Waals surface area (Å²) in [5.74, 6) is 0.418. The summed E-state index contributed by atoms with van der Waals surface area (Å²) in [6.07, 6.45) is 1.19. The van der Waals surface area contributed by atoms with Crippen LogP contribution in [0.2, 0.25) is 0 Å². The highest BCUT2D eigenvalue weighted by atomic mass is 16.2. The van der Waals surface area contributed by atoms with Gasteiger partial charge >= 0.3 is 0 Å². The standard InChI is InChI=1S/C19H30N2O2/c1-14(2)13-16(15-9-7-6-8-10-15)21-17(22)11-12-20-18(23)19(3,4)5/h6-10,14,16H,11-13H2,1-5H3,(H,20,23)(H,21,22). The van der Waals surface area contributed by atoms with E-state index in [1.165, 1.54) is 0 Å². The van der Waals surface area contributed by atoms with E-state index in [0.717, 1.165) is 12.0 Å². The molecule has 1 unspecified atom stereocenters. The van der Waals surface area contributed by atoms with E-state index < -0.39 is 5.41 Å². The Labute approximate surface area is 140 Å². The zero-order valence-electron chi connectivity index (χ0n) is 15.0. The van der Waals surface area contributed by atoms with Crippen molar-refractivity contribution in [1.29, 1.82) is 0 Å². The van der Waals surface area contributed by atoms with Crippen LogP contribution in [0.3, 0.4) is 0 Å². The maximum absolute atomic E-state index is 12.2. The molecule has 0 spiro atoms. The molecule has 0 heterocycles. The van der Waals surface area contributed by atoms with Gasteiger partial charge in [-0.15, -0.1) is 0 Å². The third kappa shape index (κ3) is 7.31. The molecule has 1 atom stereocenters. The van der Waals surface area contributed by atoms with Crippen molar-refractivity contribution in [3.05, 3.63) is 35.9 Å². The summed E-state index contributed by atoms with van der Waals surface area (Å²) in [6, 6.07) is 10.0. The number of benzene rings is 1. The fourth-order valence-corrected chi connectivity index (χ4v) is 2.26. The highest BCUT2D eigenvalue weighted by Gasteiger charge is 2.21. The fourth-order valence-electron chi connectivity index (χ4n) is 2.26. The van der Waals surface area contributed by atoms with Gasteiger partial charge in [0.1, 0.15) is 0 Å². The van der Waals surface area contributed by atoms with Gasteiger partial charge in [0, 0.05) is 18.4 Å². The zero-order valence-corrected chi connectivity index (χ0v) is 15.0. The minimum absolute atomic E-state index is 0.0158. The molecular weight excluding hydrogens is 288 g/mol. The molecule has 0 aliphatic heterocycles. The lowest BCUT2D eigenvalue weighted by Crippen LogP contribution is -2.38. The van der Waals surface area contributed by atoms with Crippen molar-refractivity contribution in [2.24, 2.45) is 11.3 Å². The minimum Gasteiger partial charge on any atom is -0.355 e. The van der Waals surface area contributed by atoms with Crippen molar-refractivity contribution in [2.45, 2.75) is 53.5 Å². The van der Waals surface area contributed by atoms with Crippen LogP contribution in [-0.4, -0.2) is 18.4 Å². The van der Waals surface area contributed by atoms with E-state index >= 15 is 0 Å². The Bertz CT molecular complexity index is 504. The molecule has 0 aliphatic rings. The summed E-state index contributed by atoms with van der Waals surface area (Å²) in [5, 5.41) is 5.89. The van der Waals surface area contributed by atoms with Crippen LogP contribution in [0.15, 0.2) is 30.3 Å². The smallest absolute Gasteiger partial charge is 0.225 e. The van der Waals surface area contributed by atoms with Crippen molar-refractivity contribution in [3.8, 4) is 0 Å². The average Bonchev–Trinajstić information content (AvgIpc) is 2.46. The number of rotatable bonds is 7. The molecule has 4 nitrogen and oxygen atoms in total. The Hall–Kier alpha value is -1.84. The van der Waals surface area contributed by atoms with E-state index in [1.807, 2.05) is 51.1 Å². The molecule has 0 aliphatic carbocycles. The lowest BCUT2D eigenvalue weighted by Gasteiger charge is -2.22. The predicted molar refractivity (Wildman–Crippen MR) is 93.9 cm³/mol. The van der Waals surface area contributed by atoms with Crippen LogP contribution in [0, 0.1) is 11.3 Å². The van der Waals surface area contributed by atoms with Crippen LogP contribution in [0.5, 0.6) is 0 Å². The Morgan fingerprint density at radius 1 is 1.09 bits per heavy atom. The van der Waals surface area contributed by atoms with Crippen molar-refractivity contribution < 1.29 is 9.59 Å². The van der Waals surface area contributed by atoms with Gasteiger partial charge in [-0.2, -0.15) is 0 Å². The molecule has 128 valence electrons. The fraction of sp³-hybridized carbons (Fsp3) is 0.579. The van der Waals surface area contributed by atoms with Crippen LogP contribution in [0.4, 0.5) is 0 Å². The molecule has 23 heavy (non-hydrogen) atoms.